The lowest BCUT2D eigenvalue weighted by atomic mass is 9.96. The molecule has 2 aliphatic rings. The second-order valence-electron chi connectivity index (χ2n) is 6.30. The number of fused-ring (bicyclic) bond motifs is 1. The lowest BCUT2D eigenvalue weighted by Gasteiger charge is -2.35. The van der Waals surface area contributed by atoms with E-state index in [0.29, 0.717) is 12.5 Å². The monoisotopic (exact) mass is 318 g/mol. The Labute approximate surface area is 138 Å². The second-order valence-corrected chi connectivity index (χ2v) is 6.30. The van der Waals surface area contributed by atoms with E-state index in [1.165, 1.54) is 5.56 Å². The van der Waals surface area contributed by atoms with E-state index in [1.807, 2.05) is 17.9 Å². The van der Waals surface area contributed by atoms with Crippen molar-refractivity contribution in [2.45, 2.75) is 19.8 Å². The first kappa shape index (κ1) is 16.1. The van der Waals surface area contributed by atoms with Gasteiger partial charge in [0.1, 0.15) is 5.75 Å². The van der Waals surface area contributed by atoms with E-state index in [4.69, 9.17) is 9.47 Å². The number of amides is 1. The van der Waals surface area contributed by atoms with Crippen LogP contribution in [0.1, 0.15) is 18.9 Å². The summed E-state index contributed by atoms with van der Waals surface area (Å²) in [4.78, 5) is 16.0. The Bertz CT molecular complexity index is 527. The average Bonchev–Trinajstić information content (AvgIpc) is 2.77. The molecule has 5 heteroatoms. The van der Waals surface area contributed by atoms with Crippen molar-refractivity contribution in [3.8, 4) is 5.75 Å². The maximum Gasteiger partial charge on any atom is 0.409 e. The lowest BCUT2D eigenvalue weighted by molar-refractivity contribution is 0.0743. The first-order chi connectivity index (χ1) is 11.3. The smallest absolute Gasteiger partial charge is 0.409 e. The number of hydrogen-bond donors (Lipinski definition) is 0. The zero-order chi connectivity index (χ0) is 16.1. The van der Waals surface area contributed by atoms with Gasteiger partial charge in [-0.15, -0.1) is 0 Å². The summed E-state index contributed by atoms with van der Waals surface area (Å²) in [5, 5.41) is 0. The van der Waals surface area contributed by atoms with E-state index in [0.717, 1.165) is 57.9 Å². The molecule has 0 unspecified atom stereocenters. The van der Waals surface area contributed by atoms with Crippen LogP contribution in [0, 0.1) is 5.92 Å². The third-order valence-corrected chi connectivity index (χ3v) is 4.68. The van der Waals surface area contributed by atoms with Gasteiger partial charge in [0.15, 0.2) is 0 Å². The van der Waals surface area contributed by atoms with E-state index < -0.39 is 0 Å². The minimum absolute atomic E-state index is 0.177. The summed E-state index contributed by atoms with van der Waals surface area (Å²) in [5.74, 6) is 1.66. The van der Waals surface area contributed by atoms with Gasteiger partial charge in [0.25, 0.3) is 0 Å². The van der Waals surface area contributed by atoms with Crippen molar-refractivity contribution >= 4 is 6.09 Å². The fraction of sp³-hybridized carbons (Fsp3) is 0.611. The number of carbonyl (C=O) groups excluding carboxylic acids is 1. The molecule has 1 aromatic carbocycles. The number of para-hydroxylation sites is 1. The third-order valence-electron chi connectivity index (χ3n) is 4.68. The highest BCUT2D eigenvalue weighted by Crippen LogP contribution is 2.27. The molecule has 1 saturated heterocycles. The Morgan fingerprint density at radius 2 is 2.04 bits per heavy atom. The normalized spacial score (nSPS) is 22.0. The van der Waals surface area contributed by atoms with Gasteiger partial charge in [-0.25, -0.2) is 4.79 Å². The zero-order valence-corrected chi connectivity index (χ0v) is 13.9. The molecular weight excluding hydrogens is 292 g/mol. The van der Waals surface area contributed by atoms with Gasteiger partial charge in [-0.3, -0.25) is 4.90 Å². The van der Waals surface area contributed by atoms with Gasteiger partial charge in [-0.2, -0.15) is 0 Å². The molecule has 1 atom stereocenters. The van der Waals surface area contributed by atoms with Gasteiger partial charge in [0.2, 0.25) is 0 Å². The van der Waals surface area contributed by atoms with Crippen LogP contribution in [0.4, 0.5) is 4.79 Å². The number of piperazine rings is 1. The number of ether oxygens (including phenoxy) is 2. The van der Waals surface area contributed by atoms with Crippen molar-refractivity contribution in [1.29, 1.82) is 0 Å². The van der Waals surface area contributed by atoms with Crippen molar-refractivity contribution in [2.75, 3.05) is 45.9 Å². The number of benzene rings is 1. The Balaban J connectivity index is 1.50. The maximum atomic E-state index is 11.7. The van der Waals surface area contributed by atoms with Crippen LogP contribution in [-0.4, -0.2) is 61.8 Å². The van der Waals surface area contributed by atoms with Gasteiger partial charge >= 0.3 is 6.09 Å². The Morgan fingerprint density at radius 3 is 2.83 bits per heavy atom. The maximum absolute atomic E-state index is 11.7. The predicted molar refractivity (Wildman–Crippen MR) is 88.8 cm³/mol. The lowest BCUT2D eigenvalue weighted by Crippen LogP contribution is -2.50. The van der Waals surface area contributed by atoms with E-state index in [-0.39, 0.29) is 6.09 Å². The number of hydrogen-bond acceptors (Lipinski definition) is 4. The summed E-state index contributed by atoms with van der Waals surface area (Å²) >= 11 is 0. The Kier molecular flexibility index (Phi) is 5.39. The predicted octanol–water partition coefficient (Wildman–Crippen LogP) is 2.40. The summed E-state index contributed by atoms with van der Waals surface area (Å²) in [5.41, 5.74) is 1.32. The van der Waals surface area contributed by atoms with E-state index in [9.17, 15) is 4.79 Å². The van der Waals surface area contributed by atoms with Crippen LogP contribution in [0.15, 0.2) is 24.3 Å². The molecule has 23 heavy (non-hydrogen) atoms. The van der Waals surface area contributed by atoms with Crippen LogP contribution in [0.2, 0.25) is 0 Å². The van der Waals surface area contributed by atoms with E-state index >= 15 is 0 Å². The highest BCUT2D eigenvalue weighted by molar-refractivity contribution is 5.67. The molecule has 1 amide bonds. The molecule has 5 nitrogen and oxygen atoms in total. The van der Waals surface area contributed by atoms with Crippen LogP contribution in [-0.2, 0) is 11.2 Å². The van der Waals surface area contributed by atoms with Gasteiger partial charge in [-0.05, 0) is 37.3 Å². The summed E-state index contributed by atoms with van der Waals surface area (Å²) < 4.78 is 10.9. The molecule has 0 N–H and O–H groups in total. The van der Waals surface area contributed by atoms with Gasteiger partial charge in [0.05, 0.1) is 13.2 Å². The molecule has 0 bridgehead atoms. The standard InChI is InChI=1S/C18H26N2O3/c1-2-22-18(21)20-10-8-19(9-11-20)14-15-7-12-23-17-6-4-3-5-16(17)13-15/h3-6,15H,2,7-14H2,1H3/t15-/m1/s1. The fourth-order valence-electron chi connectivity index (χ4n) is 3.41. The van der Waals surface area contributed by atoms with Crippen molar-refractivity contribution in [2.24, 2.45) is 5.92 Å². The quantitative estimate of drug-likeness (QED) is 0.858. The molecular formula is C18H26N2O3. The van der Waals surface area contributed by atoms with Crippen LogP contribution in [0.25, 0.3) is 0 Å². The van der Waals surface area contributed by atoms with Crippen LogP contribution in [0.5, 0.6) is 5.75 Å². The summed E-state index contributed by atoms with van der Waals surface area (Å²) in [6.07, 6.45) is 1.99. The average molecular weight is 318 g/mol. The highest BCUT2D eigenvalue weighted by atomic mass is 16.6. The minimum Gasteiger partial charge on any atom is -0.493 e. The van der Waals surface area contributed by atoms with Crippen LogP contribution in [0.3, 0.4) is 0 Å². The number of nitrogens with zero attached hydrogens (tertiary/aromatic N) is 2. The first-order valence-electron chi connectivity index (χ1n) is 8.61. The number of rotatable bonds is 3. The van der Waals surface area contributed by atoms with Crippen LogP contribution < -0.4 is 4.74 Å². The largest absolute Gasteiger partial charge is 0.493 e. The molecule has 2 heterocycles. The van der Waals surface area contributed by atoms with Crippen molar-refractivity contribution in [3.63, 3.8) is 0 Å². The number of carbonyl (C=O) groups is 1. The van der Waals surface area contributed by atoms with Crippen molar-refractivity contribution in [3.05, 3.63) is 29.8 Å². The van der Waals surface area contributed by atoms with Crippen molar-refractivity contribution in [1.82, 2.24) is 9.80 Å². The second kappa shape index (κ2) is 7.68. The molecule has 0 radical (unpaired) electrons. The zero-order valence-electron chi connectivity index (χ0n) is 13.9. The molecule has 3 rings (SSSR count). The molecule has 1 fully saturated rings. The van der Waals surface area contributed by atoms with Gasteiger partial charge < -0.3 is 14.4 Å². The van der Waals surface area contributed by atoms with Crippen molar-refractivity contribution < 1.29 is 14.3 Å². The Hall–Kier alpha value is -1.75. The first-order valence-corrected chi connectivity index (χ1v) is 8.61. The molecule has 126 valence electrons. The summed E-state index contributed by atoms with van der Waals surface area (Å²) in [6.45, 7) is 7.55. The molecule has 2 aliphatic heterocycles. The molecule has 1 aromatic rings. The van der Waals surface area contributed by atoms with Gasteiger partial charge in [0, 0.05) is 32.7 Å². The summed E-state index contributed by atoms with van der Waals surface area (Å²) in [6, 6.07) is 8.36. The molecule has 0 spiro atoms. The minimum atomic E-state index is -0.177. The van der Waals surface area contributed by atoms with Gasteiger partial charge in [-0.1, -0.05) is 18.2 Å². The third kappa shape index (κ3) is 4.16. The fourth-order valence-corrected chi connectivity index (χ4v) is 3.41. The highest BCUT2D eigenvalue weighted by Gasteiger charge is 2.25. The molecule has 0 aromatic heterocycles. The van der Waals surface area contributed by atoms with E-state index in [2.05, 4.69) is 23.1 Å². The summed E-state index contributed by atoms with van der Waals surface area (Å²) in [7, 11) is 0. The topological polar surface area (TPSA) is 42.0 Å². The molecule has 0 aliphatic carbocycles. The Morgan fingerprint density at radius 1 is 1.26 bits per heavy atom. The van der Waals surface area contributed by atoms with E-state index in [1.54, 1.807) is 0 Å². The molecule has 0 saturated carbocycles. The SMILES string of the molecule is CCOC(=O)N1CCN(C[C@@H]2CCOc3ccccc3C2)CC1. The van der Waals surface area contributed by atoms with Crippen LogP contribution >= 0.6 is 0 Å².